The summed E-state index contributed by atoms with van der Waals surface area (Å²) in [6.45, 7) is 0.651. The zero-order valence-electron chi connectivity index (χ0n) is 7.58. The van der Waals surface area contributed by atoms with Crippen LogP contribution in [-0.4, -0.2) is 24.1 Å². The van der Waals surface area contributed by atoms with Gasteiger partial charge in [0.15, 0.2) is 0 Å². The summed E-state index contributed by atoms with van der Waals surface area (Å²) in [4.78, 5) is 21.0. The van der Waals surface area contributed by atoms with E-state index in [0.29, 0.717) is 13.0 Å². The van der Waals surface area contributed by atoms with Crippen LogP contribution in [0.2, 0.25) is 0 Å². The molecule has 0 aliphatic rings. The standard InChI is InChI=1S/C8H16N2O2S/c9-7(11)4-2-1-3-5-10-8(12)6-13/h13H,1-6H2,(H2,9,11)(H,10,12). The zero-order chi connectivity index (χ0) is 10.1. The maximum absolute atomic E-state index is 10.7. The summed E-state index contributed by atoms with van der Waals surface area (Å²) in [5.41, 5.74) is 4.96. The van der Waals surface area contributed by atoms with Gasteiger partial charge >= 0.3 is 0 Å². The van der Waals surface area contributed by atoms with Crippen LogP contribution in [0, 0.1) is 0 Å². The first-order chi connectivity index (χ1) is 6.16. The van der Waals surface area contributed by atoms with Gasteiger partial charge in [0.1, 0.15) is 0 Å². The van der Waals surface area contributed by atoms with Crippen molar-refractivity contribution >= 4 is 24.4 Å². The third kappa shape index (κ3) is 9.20. The summed E-state index contributed by atoms with van der Waals surface area (Å²) >= 11 is 3.81. The molecule has 0 unspecified atom stereocenters. The van der Waals surface area contributed by atoms with Gasteiger partial charge in [0, 0.05) is 13.0 Å². The number of hydrogen-bond acceptors (Lipinski definition) is 3. The van der Waals surface area contributed by atoms with E-state index in [1.54, 1.807) is 0 Å². The molecule has 0 fully saturated rings. The SMILES string of the molecule is NC(=O)CCCCCNC(=O)CS. The Kier molecular flexibility index (Phi) is 7.48. The normalized spacial score (nSPS) is 9.62. The van der Waals surface area contributed by atoms with E-state index in [4.69, 9.17) is 5.73 Å². The molecule has 0 aromatic carbocycles. The van der Waals surface area contributed by atoms with Gasteiger partial charge in [0.25, 0.3) is 0 Å². The number of thiol groups is 1. The molecule has 0 atom stereocenters. The highest BCUT2D eigenvalue weighted by Crippen LogP contribution is 1.97. The Morgan fingerprint density at radius 3 is 2.46 bits per heavy atom. The highest BCUT2D eigenvalue weighted by atomic mass is 32.1. The van der Waals surface area contributed by atoms with Crippen molar-refractivity contribution in [3.05, 3.63) is 0 Å². The van der Waals surface area contributed by atoms with E-state index >= 15 is 0 Å². The van der Waals surface area contributed by atoms with Crippen molar-refractivity contribution < 1.29 is 9.59 Å². The Bertz CT molecular complexity index is 174. The Balaban J connectivity index is 3.08. The lowest BCUT2D eigenvalue weighted by Crippen LogP contribution is -2.25. The molecule has 3 N–H and O–H groups in total. The van der Waals surface area contributed by atoms with Crippen LogP contribution in [0.5, 0.6) is 0 Å². The van der Waals surface area contributed by atoms with Gasteiger partial charge in [-0.2, -0.15) is 12.6 Å². The number of nitrogens with two attached hydrogens (primary N) is 1. The summed E-state index contributed by atoms with van der Waals surface area (Å²) < 4.78 is 0. The monoisotopic (exact) mass is 204 g/mol. The molecule has 5 heteroatoms. The van der Waals surface area contributed by atoms with Crippen molar-refractivity contribution in [3.8, 4) is 0 Å². The Morgan fingerprint density at radius 2 is 1.92 bits per heavy atom. The van der Waals surface area contributed by atoms with Gasteiger partial charge in [-0.1, -0.05) is 6.42 Å². The molecule has 76 valence electrons. The number of amides is 2. The van der Waals surface area contributed by atoms with Crippen LogP contribution in [0.3, 0.4) is 0 Å². The first-order valence-corrected chi connectivity index (χ1v) is 4.96. The minimum absolute atomic E-state index is 0.0572. The lowest BCUT2D eigenvalue weighted by Gasteiger charge is -2.01. The molecular formula is C8H16N2O2S. The molecule has 0 heterocycles. The van der Waals surface area contributed by atoms with Gasteiger partial charge in [0.05, 0.1) is 5.75 Å². The first kappa shape index (κ1) is 12.3. The molecule has 4 nitrogen and oxygen atoms in total. The predicted octanol–water partition coefficient (Wildman–Crippen LogP) is 0.0781. The van der Waals surface area contributed by atoms with E-state index in [9.17, 15) is 9.59 Å². The lowest BCUT2D eigenvalue weighted by molar-refractivity contribution is -0.119. The lowest BCUT2D eigenvalue weighted by atomic mass is 10.2. The fourth-order valence-corrected chi connectivity index (χ4v) is 0.997. The van der Waals surface area contributed by atoms with E-state index in [1.165, 1.54) is 0 Å². The zero-order valence-corrected chi connectivity index (χ0v) is 8.48. The maximum atomic E-state index is 10.7. The minimum Gasteiger partial charge on any atom is -0.370 e. The first-order valence-electron chi connectivity index (χ1n) is 4.32. The van der Waals surface area contributed by atoms with Gasteiger partial charge in [-0.05, 0) is 12.8 Å². The number of nitrogens with one attached hydrogen (secondary N) is 1. The largest absolute Gasteiger partial charge is 0.370 e. The maximum Gasteiger partial charge on any atom is 0.229 e. The average molecular weight is 204 g/mol. The van der Waals surface area contributed by atoms with E-state index in [-0.39, 0.29) is 17.6 Å². The molecule has 2 amide bonds. The molecule has 0 aliphatic heterocycles. The van der Waals surface area contributed by atoms with E-state index in [2.05, 4.69) is 17.9 Å². The summed E-state index contributed by atoms with van der Waals surface area (Å²) in [5, 5.41) is 2.69. The van der Waals surface area contributed by atoms with Crippen LogP contribution in [0.1, 0.15) is 25.7 Å². The van der Waals surface area contributed by atoms with Crippen molar-refractivity contribution in [2.24, 2.45) is 5.73 Å². The highest BCUT2D eigenvalue weighted by molar-refractivity contribution is 7.81. The number of rotatable bonds is 7. The third-order valence-corrected chi connectivity index (χ3v) is 1.85. The van der Waals surface area contributed by atoms with Crippen molar-refractivity contribution in [2.75, 3.05) is 12.3 Å². The molecule has 0 radical (unpaired) electrons. The molecule has 0 bridgehead atoms. The van der Waals surface area contributed by atoms with Crippen LogP contribution < -0.4 is 11.1 Å². The van der Waals surface area contributed by atoms with Crippen LogP contribution in [-0.2, 0) is 9.59 Å². The molecular weight excluding hydrogens is 188 g/mol. The van der Waals surface area contributed by atoms with Gasteiger partial charge in [-0.3, -0.25) is 9.59 Å². The summed E-state index contributed by atoms with van der Waals surface area (Å²) in [5.74, 6) is -0.0981. The fourth-order valence-electron chi connectivity index (χ4n) is 0.885. The summed E-state index contributed by atoms with van der Waals surface area (Å²) in [6.07, 6.45) is 3.02. The van der Waals surface area contributed by atoms with Crippen molar-refractivity contribution in [2.45, 2.75) is 25.7 Å². The Labute approximate surface area is 83.7 Å². The Hall–Kier alpha value is -0.710. The van der Waals surface area contributed by atoms with Crippen molar-refractivity contribution in [1.29, 1.82) is 0 Å². The van der Waals surface area contributed by atoms with Gasteiger partial charge in [-0.25, -0.2) is 0 Å². The fraction of sp³-hybridized carbons (Fsp3) is 0.750. The van der Waals surface area contributed by atoms with E-state index in [0.717, 1.165) is 19.3 Å². The van der Waals surface area contributed by atoms with Crippen LogP contribution in [0.4, 0.5) is 0 Å². The van der Waals surface area contributed by atoms with Crippen LogP contribution in [0.25, 0.3) is 0 Å². The molecule has 13 heavy (non-hydrogen) atoms. The number of primary amides is 1. The van der Waals surface area contributed by atoms with Crippen molar-refractivity contribution in [3.63, 3.8) is 0 Å². The summed E-state index contributed by atoms with van der Waals surface area (Å²) in [6, 6.07) is 0. The second-order valence-corrected chi connectivity index (χ2v) is 3.10. The molecule has 0 saturated carbocycles. The molecule has 0 rings (SSSR count). The molecule has 0 spiro atoms. The average Bonchev–Trinajstić information content (AvgIpc) is 2.10. The Morgan fingerprint density at radius 1 is 1.23 bits per heavy atom. The number of carbonyl (C=O) groups excluding carboxylic acids is 2. The smallest absolute Gasteiger partial charge is 0.229 e. The van der Waals surface area contributed by atoms with E-state index < -0.39 is 0 Å². The predicted molar refractivity (Wildman–Crippen MR) is 54.5 cm³/mol. The number of hydrogen-bond donors (Lipinski definition) is 3. The molecule has 0 aliphatic carbocycles. The van der Waals surface area contributed by atoms with Gasteiger partial charge < -0.3 is 11.1 Å². The molecule has 0 saturated heterocycles. The van der Waals surface area contributed by atoms with Gasteiger partial charge in [0.2, 0.25) is 11.8 Å². The second kappa shape index (κ2) is 7.91. The second-order valence-electron chi connectivity index (χ2n) is 2.79. The third-order valence-electron chi connectivity index (χ3n) is 1.57. The van der Waals surface area contributed by atoms with E-state index in [1.807, 2.05) is 0 Å². The number of carbonyl (C=O) groups is 2. The van der Waals surface area contributed by atoms with Crippen LogP contribution in [0.15, 0.2) is 0 Å². The molecule has 0 aromatic rings. The quantitative estimate of drug-likeness (QED) is 0.406. The van der Waals surface area contributed by atoms with Gasteiger partial charge in [-0.15, -0.1) is 0 Å². The topological polar surface area (TPSA) is 72.2 Å². The van der Waals surface area contributed by atoms with Crippen molar-refractivity contribution in [1.82, 2.24) is 5.32 Å². The highest BCUT2D eigenvalue weighted by Gasteiger charge is 1.96. The number of unbranched alkanes of at least 4 members (excludes halogenated alkanes) is 2. The summed E-state index contributed by atoms with van der Waals surface area (Å²) in [7, 11) is 0. The minimum atomic E-state index is -0.264. The van der Waals surface area contributed by atoms with Crippen LogP contribution >= 0.6 is 12.6 Å². The molecule has 0 aromatic heterocycles.